The van der Waals surface area contributed by atoms with E-state index in [1.54, 1.807) is 42.3 Å². The normalized spacial score (nSPS) is 14.0. The molecule has 0 unspecified atom stereocenters. The van der Waals surface area contributed by atoms with Crippen molar-refractivity contribution in [1.82, 2.24) is 5.43 Å². The van der Waals surface area contributed by atoms with Crippen molar-refractivity contribution in [3.05, 3.63) is 96.1 Å². The van der Waals surface area contributed by atoms with Gasteiger partial charge in [0.05, 0.1) is 25.0 Å². The molecule has 0 saturated carbocycles. The molecule has 1 aliphatic heterocycles. The van der Waals surface area contributed by atoms with Crippen LogP contribution in [-0.2, 0) is 21.4 Å². The van der Waals surface area contributed by atoms with E-state index >= 15 is 0 Å². The van der Waals surface area contributed by atoms with Gasteiger partial charge in [-0.1, -0.05) is 66.7 Å². The standard InChI is InChI=1S/C27H23N5O4S2/c1-36-22-14-7-12-20-24(30-31-27(37)29-21-13-4-5-15-23(21)38(28,34)35)26(33)32(25(20)22)16-18-10-6-9-17-8-2-3-11-19(17)18/h2-15H,16H2,1H3,(H2,28,34,35)(H2,29,31,37). The molecule has 1 heterocycles. The highest BCUT2D eigenvalue weighted by molar-refractivity contribution is 7.89. The number of rotatable bonds is 6. The molecule has 1 amide bonds. The molecule has 0 fully saturated rings. The molecule has 0 atom stereocenters. The van der Waals surface area contributed by atoms with Crippen LogP contribution in [0.4, 0.5) is 11.4 Å². The van der Waals surface area contributed by atoms with Crippen LogP contribution >= 0.6 is 12.2 Å². The van der Waals surface area contributed by atoms with Crippen LogP contribution in [0.2, 0.25) is 0 Å². The highest BCUT2D eigenvalue weighted by atomic mass is 32.2. The maximum absolute atomic E-state index is 13.7. The number of carbonyl (C=O) groups excluding carboxylic acids is 1. The molecule has 5 rings (SSSR count). The molecular weight excluding hydrogens is 522 g/mol. The van der Waals surface area contributed by atoms with Gasteiger partial charge in [0.25, 0.3) is 5.91 Å². The number of benzene rings is 4. The third-order valence-corrected chi connectivity index (χ3v) is 7.27. The van der Waals surface area contributed by atoms with Gasteiger partial charge in [0.15, 0.2) is 10.8 Å². The second-order valence-electron chi connectivity index (χ2n) is 8.45. The van der Waals surface area contributed by atoms with Gasteiger partial charge in [-0.2, -0.15) is 5.10 Å². The van der Waals surface area contributed by atoms with Crippen molar-refractivity contribution in [3.63, 3.8) is 0 Å². The van der Waals surface area contributed by atoms with Crippen molar-refractivity contribution in [1.29, 1.82) is 0 Å². The Bertz CT molecular complexity index is 1710. The zero-order chi connectivity index (χ0) is 26.9. The number of primary sulfonamides is 1. The van der Waals surface area contributed by atoms with Crippen LogP contribution in [0, 0.1) is 0 Å². The summed E-state index contributed by atoms with van der Waals surface area (Å²) in [7, 11) is -2.43. The van der Waals surface area contributed by atoms with Gasteiger partial charge in [-0.25, -0.2) is 13.6 Å². The second kappa shape index (κ2) is 10.2. The maximum Gasteiger partial charge on any atom is 0.279 e. The highest BCUT2D eigenvalue weighted by Crippen LogP contribution is 2.39. The van der Waals surface area contributed by atoms with Gasteiger partial charge in [0.2, 0.25) is 10.0 Å². The average molecular weight is 546 g/mol. The molecule has 38 heavy (non-hydrogen) atoms. The summed E-state index contributed by atoms with van der Waals surface area (Å²) in [5.74, 6) is 0.196. The van der Waals surface area contributed by atoms with E-state index in [1.165, 1.54) is 12.1 Å². The SMILES string of the molecule is COc1cccc2c1N(Cc1cccc3ccccc13)C(=O)C2=NNC(=S)Nc1ccccc1S(N)(=O)=O. The van der Waals surface area contributed by atoms with E-state index in [9.17, 15) is 13.2 Å². The summed E-state index contributed by atoms with van der Waals surface area (Å²) in [6, 6.07) is 25.4. The molecule has 0 radical (unpaired) electrons. The summed E-state index contributed by atoms with van der Waals surface area (Å²) < 4.78 is 29.4. The molecule has 192 valence electrons. The van der Waals surface area contributed by atoms with Gasteiger partial charge >= 0.3 is 0 Å². The van der Waals surface area contributed by atoms with E-state index in [2.05, 4.69) is 15.8 Å². The fraction of sp³-hybridized carbons (Fsp3) is 0.0741. The number of methoxy groups -OCH3 is 1. The molecule has 9 nitrogen and oxygen atoms in total. The number of fused-ring (bicyclic) bond motifs is 2. The van der Waals surface area contributed by atoms with Crippen molar-refractivity contribution in [2.45, 2.75) is 11.4 Å². The third-order valence-electron chi connectivity index (χ3n) is 6.11. The Morgan fingerprint density at radius 1 is 1.00 bits per heavy atom. The van der Waals surface area contributed by atoms with Crippen LogP contribution in [0.25, 0.3) is 10.8 Å². The number of carbonyl (C=O) groups is 1. The second-order valence-corrected chi connectivity index (χ2v) is 10.4. The number of nitrogens with one attached hydrogen (secondary N) is 2. The number of hydrazone groups is 1. The van der Waals surface area contributed by atoms with E-state index in [0.29, 0.717) is 23.5 Å². The number of para-hydroxylation sites is 2. The van der Waals surface area contributed by atoms with Gasteiger partial charge in [-0.3, -0.25) is 15.1 Å². The first-order chi connectivity index (χ1) is 18.3. The van der Waals surface area contributed by atoms with Crippen LogP contribution in [-0.4, -0.2) is 32.3 Å². The summed E-state index contributed by atoms with van der Waals surface area (Å²) in [6.45, 7) is 0.303. The first-order valence-corrected chi connectivity index (χ1v) is 13.5. The van der Waals surface area contributed by atoms with Gasteiger partial charge < -0.3 is 10.1 Å². The Hall–Kier alpha value is -4.32. The Balaban J connectivity index is 1.46. The highest BCUT2D eigenvalue weighted by Gasteiger charge is 2.37. The molecule has 11 heteroatoms. The lowest BCUT2D eigenvalue weighted by Gasteiger charge is -2.20. The minimum atomic E-state index is -3.98. The number of nitrogens with two attached hydrogens (primary N) is 1. The number of thiocarbonyl (C=S) groups is 1. The van der Waals surface area contributed by atoms with Crippen molar-refractivity contribution in [2.75, 3.05) is 17.3 Å². The zero-order valence-electron chi connectivity index (χ0n) is 20.2. The fourth-order valence-corrected chi connectivity index (χ4v) is 5.29. The number of amides is 1. The molecule has 4 N–H and O–H groups in total. The van der Waals surface area contributed by atoms with Crippen LogP contribution in [0.5, 0.6) is 5.75 Å². The van der Waals surface area contributed by atoms with Gasteiger partial charge in [-0.15, -0.1) is 0 Å². The number of anilines is 2. The van der Waals surface area contributed by atoms with Crippen molar-refractivity contribution in [3.8, 4) is 5.75 Å². The Labute approximate surface area is 225 Å². The first kappa shape index (κ1) is 25.3. The molecule has 1 aliphatic rings. The summed E-state index contributed by atoms with van der Waals surface area (Å²) in [4.78, 5) is 15.2. The lowest BCUT2D eigenvalue weighted by Crippen LogP contribution is -2.32. The summed E-state index contributed by atoms with van der Waals surface area (Å²) in [6.07, 6.45) is 0. The molecule has 0 spiro atoms. The largest absolute Gasteiger partial charge is 0.495 e. The number of nitrogens with zero attached hydrogens (tertiary/aromatic N) is 2. The van der Waals surface area contributed by atoms with Crippen LogP contribution < -0.4 is 25.5 Å². The monoisotopic (exact) mass is 545 g/mol. The molecule has 0 aromatic heterocycles. The Morgan fingerprint density at radius 3 is 2.50 bits per heavy atom. The predicted molar refractivity (Wildman–Crippen MR) is 152 cm³/mol. The zero-order valence-corrected chi connectivity index (χ0v) is 21.8. The number of sulfonamides is 1. The summed E-state index contributed by atoms with van der Waals surface area (Å²) >= 11 is 5.31. The quantitative estimate of drug-likeness (QED) is 0.249. The fourth-order valence-electron chi connectivity index (χ4n) is 4.44. The van der Waals surface area contributed by atoms with E-state index in [1.807, 2.05) is 42.5 Å². The summed E-state index contributed by atoms with van der Waals surface area (Å²) in [5, 5.41) is 14.5. The molecule has 4 aromatic rings. The Kier molecular flexibility index (Phi) is 6.81. The average Bonchev–Trinajstić information content (AvgIpc) is 3.17. The lowest BCUT2D eigenvalue weighted by atomic mass is 10.0. The lowest BCUT2D eigenvalue weighted by molar-refractivity contribution is -0.112. The van der Waals surface area contributed by atoms with Crippen molar-refractivity contribution in [2.24, 2.45) is 10.2 Å². The van der Waals surface area contributed by atoms with Crippen LogP contribution in [0.15, 0.2) is 94.9 Å². The van der Waals surface area contributed by atoms with E-state index in [-0.39, 0.29) is 27.3 Å². The van der Waals surface area contributed by atoms with Gasteiger partial charge in [-0.05, 0) is 46.8 Å². The molecule has 4 aromatic carbocycles. The van der Waals surface area contributed by atoms with E-state index in [0.717, 1.165) is 16.3 Å². The molecule has 0 bridgehead atoms. The van der Waals surface area contributed by atoms with Gasteiger partial charge in [0, 0.05) is 5.56 Å². The number of ether oxygens (including phenoxy) is 1. The van der Waals surface area contributed by atoms with Crippen LogP contribution in [0.1, 0.15) is 11.1 Å². The van der Waals surface area contributed by atoms with Crippen molar-refractivity contribution < 1.29 is 17.9 Å². The van der Waals surface area contributed by atoms with E-state index in [4.69, 9.17) is 22.1 Å². The molecule has 0 saturated heterocycles. The van der Waals surface area contributed by atoms with Gasteiger partial charge in [0.1, 0.15) is 10.6 Å². The minimum Gasteiger partial charge on any atom is -0.495 e. The van der Waals surface area contributed by atoms with Crippen LogP contribution in [0.3, 0.4) is 0 Å². The Morgan fingerprint density at radius 2 is 1.71 bits per heavy atom. The number of hydrogen-bond donors (Lipinski definition) is 3. The molecular formula is C27H23N5O4S2. The van der Waals surface area contributed by atoms with E-state index < -0.39 is 10.0 Å². The third kappa shape index (κ3) is 4.82. The minimum absolute atomic E-state index is 0.0154. The topological polar surface area (TPSA) is 126 Å². The number of hydrogen-bond acceptors (Lipinski definition) is 6. The predicted octanol–water partition coefficient (Wildman–Crippen LogP) is 3.73. The maximum atomic E-state index is 13.7. The first-order valence-electron chi connectivity index (χ1n) is 11.5. The summed E-state index contributed by atoms with van der Waals surface area (Å²) in [5.41, 5.74) is 5.14. The van der Waals surface area contributed by atoms with Crippen molar-refractivity contribution >= 4 is 61.1 Å². The molecule has 0 aliphatic carbocycles. The smallest absolute Gasteiger partial charge is 0.279 e.